The van der Waals surface area contributed by atoms with E-state index in [4.69, 9.17) is 0 Å². The Morgan fingerprint density at radius 3 is 3.12 bits per heavy atom. The maximum atomic E-state index is 4.18. The Kier molecular flexibility index (Phi) is 3.91. The summed E-state index contributed by atoms with van der Waals surface area (Å²) in [6.07, 6.45) is 3.81. The first-order chi connectivity index (χ1) is 7.77. The fraction of sp³-hybridized carbons (Fsp3) is 0.615. The second-order valence-electron chi connectivity index (χ2n) is 4.85. The summed E-state index contributed by atoms with van der Waals surface area (Å²) in [5.74, 6) is 0.699. The normalized spacial score (nSPS) is 22.6. The SMILES string of the molecule is CC(C)C1CNCCN1Cc1cccnc1. The first-order valence-electron chi connectivity index (χ1n) is 6.11. The molecule has 2 rings (SSSR count). The van der Waals surface area contributed by atoms with Gasteiger partial charge in [0.25, 0.3) is 0 Å². The van der Waals surface area contributed by atoms with Crippen LogP contribution in [-0.2, 0) is 6.54 Å². The molecule has 0 radical (unpaired) electrons. The molecule has 3 heteroatoms. The topological polar surface area (TPSA) is 28.2 Å². The Labute approximate surface area is 97.9 Å². The Morgan fingerprint density at radius 2 is 2.44 bits per heavy atom. The van der Waals surface area contributed by atoms with Crippen LogP contribution in [-0.4, -0.2) is 35.6 Å². The standard InChI is InChI=1S/C13H21N3/c1-11(2)13-9-15-6-7-16(13)10-12-4-3-5-14-8-12/h3-5,8,11,13,15H,6-7,9-10H2,1-2H3. The molecule has 1 N–H and O–H groups in total. The summed E-state index contributed by atoms with van der Waals surface area (Å²) >= 11 is 0. The molecule has 2 heterocycles. The first-order valence-corrected chi connectivity index (χ1v) is 6.11. The molecule has 3 nitrogen and oxygen atoms in total. The van der Waals surface area contributed by atoms with E-state index in [9.17, 15) is 0 Å². The molecular formula is C13H21N3. The largest absolute Gasteiger partial charge is 0.314 e. The minimum Gasteiger partial charge on any atom is -0.314 e. The zero-order valence-corrected chi connectivity index (χ0v) is 10.2. The number of nitrogens with one attached hydrogen (secondary N) is 1. The molecule has 0 spiro atoms. The summed E-state index contributed by atoms with van der Waals surface area (Å²) in [5.41, 5.74) is 1.31. The van der Waals surface area contributed by atoms with Crippen LogP contribution in [0.3, 0.4) is 0 Å². The van der Waals surface area contributed by atoms with Gasteiger partial charge in [-0.05, 0) is 17.5 Å². The molecule has 1 fully saturated rings. The van der Waals surface area contributed by atoms with E-state index >= 15 is 0 Å². The predicted molar refractivity (Wildman–Crippen MR) is 66.1 cm³/mol. The highest BCUT2D eigenvalue weighted by atomic mass is 15.2. The van der Waals surface area contributed by atoms with Crippen LogP contribution >= 0.6 is 0 Å². The number of hydrogen-bond donors (Lipinski definition) is 1. The van der Waals surface area contributed by atoms with Crippen molar-refractivity contribution in [3.8, 4) is 0 Å². The van der Waals surface area contributed by atoms with E-state index in [-0.39, 0.29) is 0 Å². The van der Waals surface area contributed by atoms with Crippen LogP contribution in [0.5, 0.6) is 0 Å². The van der Waals surface area contributed by atoms with Crippen LogP contribution < -0.4 is 5.32 Å². The summed E-state index contributed by atoms with van der Waals surface area (Å²) < 4.78 is 0. The van der Waals surface area contributed by atoms with Gasteiger partial charge in [0.1, 0.15) is 0 Å². The second kappa shape index (κ2) is 5.41. The van der Waals surface area contributed by atoms with Gasteiger partial charge in [0.15, 0.2) is 0 Å². The highest BCUT2D eigenvalue weighted by Crippen LogP contribution is 2.15. The third kappa shape index (κ3) is 2.80. The van der Waals surface area contributed by atoms with E-state index in [0.29, 0.717) is 12.0 Å². The highest BCUT2D eigenvalue weighted by molar-refractivity contribution is 5.08. The molecule has 0 aromatic carbocycles. The predicted octanol–water partition coefficient (Wildman–Crippen LogP) is 1.51. The highest BCUT2D eigenvalue weighted by Gasteiger charge is 2.24. The lowest BCUT2D eigenvalue weighted by molar-refractivity contribution is 0.117. The molecule has 0 bridgehead atoms. The first kappa shape index (κ1) is 11.6. The zero-order chi connectivity index (χ0) is 11.4. The van der Waals surface area contributed by atoms with Crippen LogP contribution in [0, 0.1) is 5.92 Å². The number of aromatic nitrogens is 1. The number of hydrogen-bond acceptors (Lipinski definition) is 3. The number of nitrogens with zero attached hydrogens (tertiary/aromatic N) is 2. The van der Waals surface area contributed by atoms with Gasteiger partial charge in [-0.2, -0.15) is 0 Å². The molecule has 1 aromatic heterocycles. The van der Waals surface area contributed by atoms with E-state index in [1.54, 1.807) is 0 Å². The maximum absolute atomic E-state index is 4.18. The fourth-order valence-corrected chi connectivity index (χ4v) is 2.35. The quantitative estimate of drug-likeness (QED) is 0.835. The lowest BCUT2D eigenvalue weighted by Gasteiger charge is -2.38. The van der Waals surface area contributed by atoms with Gasteiger partial charge in [0, 0.05) is 44.6 Å². The summed E-state index contributed by atoms with van der Waals surface area (Å²) in [6.45, 7) is 8.97. The molecule has 1 unspecified atom stereocenters. The van der Waals surface area contributed by atoms with Gasteiger partial charge in [-0.25, -0.2) is 0 Å². The Bertz CT molecular complexity index is 310. The number of rotatable bonds is 3. The van der Waals surface area contributed by atoms with E-state index in [1.165, 1.54) is 5.56 Å². The molecule has 0 aliphatic carbocycles. The van der Waals surface area contributed by atoms with Crippen molar-refractivity contribution in [1.82, 2.24) is 15.2 Å². The van der Waals surface area contributed by atoms with Gasteiger partial charge in [-0.15, -0.1) is 0 Å². The van der Waals surface area contributed by atoms with Crippen molar-refractivity contribution in [1.29, 1.82) is 0 Å². The summed E-state index contributed by atoms with van der Waals surface area (Å²) in [5, 5.41) is 3.47. The molecule has 0 amide bonds. The van der Waals surface area contributed by atoms with Gasteiger partial charge >= 0.3 is 0 Å². The number of piperazine rings is 1. The monoisotopic (exact) mass is 219 g/mol. The molecule has 88 valence electrons. The molecule has 1 aliphatic rings. The van der Waals surface area contributed by atoms with Crippen molar-refractivity contribution < 1.29 is 0 Å². The van der Waals surface area contributed by atoms with Gasteiger partial charge in [-0.3, -0.25) is 9.88 Å². The number of pyridine rings is 1. The van der Waals surface area contributed by atoms with Gasteiger partial charge in [0.2, 0.25) is 0 Å². The molecular weight excluding hydrogens is 198 g/mol. The fourth-order valence-electron chi connectivity index (χ4n) is 2.35. The van der Waals surface area contributed by atoms with Crippen molar-refractivity contribution in [2.24, 2.45) is 5.92 Å². The lowest BCUT2D eigenvalue weighted by Crippen LogP contribution is -2.52. The van der Waals surface area contributed by atoms with Crippen LogP contribution in [0.15, 0.2) is 24.5 Å². The van der Waals surface area contributed by atoms with E-state index in [0.717, 1.165) is 26.2 Å². The van der Waals surface area contributed by atoms with E-state index in [1.807, 2.05) is 18.5 Å². The molecule has 1 saturated heterocycles. The summed E-state index contributed by atoms with van der Waals surface area (Å²) in [4.78, 5) is 6.75. The van der Waals surface area contributed by atoms with Crippen molar-refractivity contribution in [3.63, 3.8) is 0 Å². The van der Waals surface area contributed by atoms with Crippen molar-refractivity contribution >= 4 is 0 Å². The molecule has 1 aromatic rings. The van der Waals surface area contributed by atoms with Gasteiger partial charge in [0.05, 0.1) is 0 Å². The minimum atomic E-state index is 0.647. The summed E-state index contributed by atoms with van der Waals surface area (Å²) in [6, 6.07) is 4.82. The Balaban J connectivity index is 2.01. The van der Waals surface area contributed by atoms with Gasteiger partial charge < -0.3 is 5.32 Å². The van der Waals surface area contributed by atoms with Crippen LogP contribution in [0.4, 0.5) is 0 Å². The van der Waals surface area contributed by atoms with Crippen LogP contribution in [0.25, 0.3) is 0 Å². The third-order valence-electron chi connectivity index (χ3n) is 3.28. The van der Waals surface area contributed by atoms with Crippen molar-refractivity contribution in [2.75, 3.05) is 19.6 Å². The minimum absolute atomic E-state index is 0.647. The van der Waals surface area contributed by atoms with Gasteiger partial charge in [-0.1, -0.05) is 19.9 Å². The second-order valence-corrected chi connectivity index (χ2v) is 4.85. The Hall–Kier alpha value is -0.930. The van der Waals surface area contributed by atoms with E-state index < -0.39 is 0 Å². The lowest BCUT2D eigenvalue weighted by atomic mass is 10.00. The Morgan fingerprint density at radius 1 is 1.56 bits per heavy atom. The average Bonchev–Trinajstić information content (AvgIpc) is 2.31. The average molecular weight is 219 g/mol. The third-order valence-corrected chi connectivity index (χ3v) is 3.28. The molecule has 0 saturated carbocycles. The zero-order valence-electron chi connectivity index (χ0n) is 10.2. The van der Waals surface area contributed by atoms with Crippen LogP contribution in [0.2, 0.25) is 0 Å². The molecule has 1 atom stereocenters. The summed E-state index contributed by atoms with van der Waals surface area (Å²) in [7, 11) is 0. The van der Waals surface area contributed by atoms with Crippen molar-refractivity contribution in [2.45, 2.75) is 26.4 Å². The maximum Gasteiger partial charge on any atom is 0.0312 e. The molecule has 16 heavy (non-hydrogen) atoms. The van der Waals surface area contributed by atoms with Crippen molar-refractivity contribution in [3.05, 3.63) is 30.1 Å². The van der Waals surface area contributed by atoms with Crippen LogP contribution in [0.1, 0.15) is 19.4 Å². The smallest absolute Gasteiger partial charge is 0.0312 e. The molecule has 1 aliphatic heterocycles. The van der Waals surface area contributed by atoms with E-state index in [2.05, 4.69) is 35.1 Å².